The molecule has 0 bridgehead atoms. The molecule has 0 spiro atoms. The standard InChI is InChI=1S/C12H26N2O2/c1-3-11(2)14-10-12(16)13-8-6-4-5-7-9-15/h11,14-15H,3-10H2,1-2H3,(H,13,16). The van der Waals surface area contributed by atoms with E-state index in [2.05, 4.69) is 24.5 Å². The van der Waals surface area contributed by atoms with Gasteiger partial charge in [0.1, 0.15) is 0 Å². The van der Waals surface area contributed by atoms with Gasteiger partial charge < -0.3 is 15.7 Å². The molecule has 0 rings (SSSR count). The second-order valence-electron chi connectivity index (χ2n) is 4.18. The molecule has 3 N–H and O–H groups in total. The average Bonchev–Trinajstić information content (AvgIpc) is 2.30. The third-order valence-corrected chi connectivity index (χ3v) is 2.63. The van der Waals surface area contributed by atoms with E-state index in [4.69, 9.17) is 5.11 Å². The quantitative estimate of drug-likeness (QED) is 0.491. The lowest BCUT2D eigenvalue weighted by molar-refractivity contribution is -0.120. The topological polar surface area (TPSA) is 61.4 Å². The Morgan fingerprint density at radius 1 is 1.25 bits per heavy atom. The number of nitrogens with one attached hydrogen (secondary N) is 2. The van der Waals surface area contributed by atoms with Crippen molar-refractivity contribution >= 4 is 5.91 Å². The molecule has 0 radical (unpaired) electrons. The second-order valence-corrected chi connectivity index (χ2v) is 4.18. The monoisotopic (exact) mass is 230 g/mol. The summed E-state index contributed by atoms with van der Waals surface area (Å²) < 4.78 is 0. The maximum atomic E-state index is 11.3. The Labute approximate surface area is 98.8 Å². The summed E-state index contributed by atoms with van der Waals surface area (Å²) in [6.07, 6.45) is 5.00. The van der Waals surface area contributed by atoms with Crippen molar-refractivity contribution in [2.45, 2.75) is 52.0 Å². The van der Waals surface area contributed by atoms with E-state index in [1.807, 2.05) is 0 Å². The minimum Gasteiger partial charge on any atom is -0.396 e. The van der Waals surface area contributed by atoms with Crippen LogP contribution in [0.2, 0.25) is 0 Å². The van der Waals surface area contributed by atoms with Crippen molar-refractivity contribution < 1.29 is 9.90 Å². The number of unbranched alkanes of at least 4 members (excludes halogenated alkanes) is 3. The van der Waals surface area contributed by atoms with E-state index in [0.717, 1.165) is 38.6 Å². The lowest BCUT2D eigenvalue weighted by atomic mass is 10.2. The van der Waals surface area contributed by atoms with E-state index in [9.17, 15) is 4.79 Å². The molecule has 0 aromatic carbocycles. The molecule has 0 fully saturated rings. The van der Waals surface area contributed by atoms with Gasteiger partial charge in [-0.15, -0.1) is 0 Å². The van der Waals surface area contributed by atoms with Crippen LogP contribution < -0.4 is 10.6 Å². The van der Waals surface area contributed by atoms with Crippen molar-refractivity contribution in [3.05, 3.63) is 0 Å². The first-order valence-corrected chi connectivity index (χ1v) is 6.31. The van der Waals surface area contributed by atoms with Gasteiger partial charge in [0.15, 0.2) is 0 Å². The van der Waals surface area contributed by atoms with Gasteiger partial charge in [0.2, 0.25) is 5.91 Å². The molecule has 4 nitrogen and oxygen atoms in total. The second kappa shape index (κ2) is 10.9. The van der Waals surface area contributed by atoms with E-state index in [1.54, 1.807) is 0 Å². The third-order valence-electron chi connectivity index (χ3n) is 2.63. The molecule has 0 heterocycles. The van der Waals surface area contributed by atoms with Gasteiger partial charge in [0.05, 0.1) is 6.54 Å². The summed E-state index contributed by atoms with van der Waals surface area (Å²) in [5.41, 5.74) is 0. The number of carbonyl (C=O) groups is 1. The van der Waals surface area contributed by atoms with Crippen LogP contribution in [0, 0.1) is 0 Å². The number of hydrogen-bond acceptors (Lipinski definition) is 3. The summed E-state index contributed by atoms with van der Waals surface area (Å²) in [5.74, 6) is 0.0717. The Bertz CT molecular complexity index is 174. The van der Waals surface area contributed by atoms with Crippen molar-refractivity contribution in [3.8, 4) is 0 Å². The predicted octanol–water partition coefficient (Wildman–Crippen LogP) is 1.04. The Balaban J connectivity index is 3.24. The highest BCUT2D eigenvalue weighted by Gasteiger charge is 2.02. The van der Waals surface area contributed by atoms with Gasteiger partial charge in [0.25, 0.3) is 0 Å². The maximum Gasteiger partial charge on any atom is 0.233 e. The summed E-state index contributed by atoms with van der Waals surface area (Å²) in [4.78, 5) is 11.3. The average molecular weight is 230 g/mol. The molecule has 16 heavy (non-hydrogen) atoms. The molecule has 1 atom stereocenters. The highest BCUT2D eigenvalue weighted by molar-refractivity contribution is 5.77. The van der Waals surface area contributed by atoms with Gasteiger partial charge in [0, 0.05) is 19.2 Å². The lowest BCUT2D eigenvalue weighted by Gasteiger charge is -2.11. The zero-order chi connectivity index (χ0) is 12.2. The molecule has 0 saturated heterocycles. The normalized spacial score (nSPS) is 12.4. The van der Waals surface area contributed by atoms with E-state index in [1.165, 1.54) is 0 Å². The van der Waals surface area contributed by atoms with E-state index in [-0.39, 0.29) is 12.5 Å². The minimum atomic E-state index is 0.0717. The molecule has 96 valence electrons. The van der Waals surface area contributed by atoms with Gasteiger partial charge in [-0.25, -0.2) is 0 Å². The summed E-state index contributed by atoms with van der Waals surface area (Å²) in [5, 5.41) is 14.6. The Morgan fingerprint density at radius 3 is 2.56 bits per heavy atom. The fraction of sp³-hybridized carbons (Fsp3) is 0.917. The first-order valence-electron chi connectivity index (χ1n) is 6.31. The summed E-state index contributed by atoms with van der Waals surface area (Å²) in [6, 6.07) is 0.398. The fourth-order valence-electron chi connectivity index (χ4n) is 1.29. The van der Waals surface area contributed by atoms with Crippen molar-refractivity contribution in [1.29, 1.82) is 0 Å². The predicted molar refractivity (Wildman–Crippen MR) is 66.3 cm³/mol. The van der Waals surface area contributed by atoms with Gasteiger partial charge in [-0.05, 0) is 26.2 Å². The molecule has 0 aliphatic carbocycles. The highest BCUT2D eigenvalue weighted by atomic mass is 16.2. The molecule has 4 heteroatoms. The minimum absolute atomic E-state index is 0.0717. The highest BCUT2D eigenvalue weighted by Crippen LogP contribution is 1.97. The van der Waals surface area contributed by atoms with E-state index >= 15 is 0 Å². The zero-order valence-electron chi connectivity index (χ0n) is 10.6. The van der Waals surface area contributed by atoms with Gasteiger partial charge in [-0.2, -0.15) is 0 Å². The van der Waals surface area contributed by atoms with Crippen LogP contribution in [0.3, 0.4) is 0 Å². The molecule has 0 aromatic heterocycles. The van der Waals surface area contributed by atoms with Crippen LogP contribution in [0.1, 0.15) is 46.0 Å². The molecule has 0 aliphatic rings. The van der Waals surface area contributed by atoms with Crippen LogP contribution in [-0.4, -0.2) is 36.8 Å². The third kappa shape index (κ3) is 9.93. The molecular formula is C12H26N2O2. The van der Waals surface area contributed by atoms with Gasteiger partial charge >= 0.3 is 0 Å². The number of aliphatic hydroxyl groups excluding tert-OH is 1. The van der Waals surface area contributed by atoms with Gasteiger partial charge in [-0.1, -0.05) is 19.8 Å². The number of carbonyl (C=O) groups excluding carboxylic acids is 1. The summed E-state index contributed by atoms with van der Waals surface area (Å²) in [6.45, 7) is 5.59. The summed E-state index contributed by atoms with van der Waals surface area (Å²) >= 11 is 0. The summed E-state index contributed by atoms with van der Waals surface area (Å²) in [7, 11) is 0. The van der Waals surface area contributed by atoms with Crippen molar-refractivity contribution in [2.24, 2.45) is 0 Å². The SMILES string of the molecule is CCC(C)NCC(=O)NCCCCCCO. The Kier molecular flexibility index (Phi) is 10.5. The number of aliphatic hydroxyl groups is 1. The first kappa shape index (κ1) is 15.4. The zero-order valence-corrected chi connectivity index (χ0v) is 10.6. The van der Waals surface area contributed by atoms with Crippen LogP contribution in [-0.2, 0) is 4.79 Å². The van der Waals surface area contributed by atoms with Crippen LogP contribution in [0.15, 0.2) is 0 Å². The number of rotatable bonds is 10. The Morgan fingerprint density at radius 2 is 1.94 bits per heavy atom. The molecule has 1 amide bonds. The molecule has 1 unspecified atom stereocenters. The van der Waals surface area contributed by atoms with E-state index in [0.29, 0.717) is 12.6 Å². The first-order chi connectivity index (χ1) is 7.70. The van der Waals surface area contributed by atoms with Crippen molar-refractivity contribution in [2.75, 3.05) is 19.7 Å². The van der Waals surface area contributed by atoms with E-state index < -0.39 is 0 Å². The molecule has 0 aliphatic heterocycles. The van der Waals surface area contributed by atoms with Crippen molar-refractivity contribution in [3.63, 3.8) is 0 Å². The lowest BCUT2D eigenvalue weighted by Crippen LogP contribution is -2.38. The molecular weight excluding hydrogens is 204 g/mol. The maximum absolute atomic E-state index is 11.3. The van der Waals surface area contributed by atoms with Crippen LogP contribution in [0.5, 0.6) is 0 Å². The number of amides is 1. The molecule has 0 saturated carbocycles. The molecule has 0 aromatic rings. The Hall–Kier alpha value is -0.610. The van der Waals surface area contributed by atoms with Crippen molar-refractivity contribution in [1.82, 2.24) is 10.6 Å². The van der Waals surface area contributed by atoms with Gasteiger partial charge in [-0.3, -0.25) is 4.79 Å². The fourth-order valence-corrected chi connectivity index (χ4v) is 1.29. The smallest absolute Gasteiger partial charge is 0.233 e. The number of hydrogen-bond donors (Lipinski definition) is 3. The van der Waals surface area contributed by atoms with Crippen LogP contribution >= 0.6 is 0 Å². The van der Waals surface area contributed by atoms with Crippen LogP contribution in [0.25, 0.3) is 0 Å². The largest absolute Gasteiger partial charge is 0.396 e. The van der Waals surface area contributed by atoms with Crippen LogP contribution in [0.4, 0.5) is 0 Å².